The summed E-state index contributed by atoms with van der Waals surface area (Å²) < 4.78 is 13.6. The lowest BCUT2D eigenvalue weighted by Crippen LogP contribution is -2.36. The van der Waals surface area contributed by atoms with Gasteiger partial charge in [-0.3, -0.25) is 9.79 Å². The Balaban J connectivity index is 1.86. The van der Waals surface area contributed by atoms with Crippen LogP contribution in [0.2, 0.25) is 0 Å². The Morgan fingerprint density at radius 3 is 2.32 bits per heavy atom. The minimum atomic E-state index is -0.244. The summed E-state index contributed by atoms with van der Waals surface area (Å²) in [7, 11) is 1.66. The molecular weight excluding hydrogens is 319 g/mol. The van der Waals surface area contributed by atoms with E-state index in [2.05, 4.69) is 20.9 Å². The zero-order valence-corrected chi connectivity index (χ0v) is 14.5. The summed E-state index contributed by atoms with van der Waals surface area (Å²) in [5.41, 5.74) is 2.23. The topological polar surface area (TPSA) is 65.5 Å². The molecule has 0 atom stereocenters. The maximum atomic E-state index is 13.6. The molecule has 0 spiro atoms. The van der Waals surface area contributed by atoms with Crippen molar-refractivity contribution in [1.82, 2.24) is 16.0 Å². The van der Waals surface area contributed by atoms with E-state index in [9.17, 15) is 9.18 Å². The quantitative estimate of drug-likeness (QED) is 0.558. The van der Waals surface area contributed by atoms with Crippen molar-refractivity contribution in [3.63, 3.8) is 0 Å². The second kappa shape index (κ2) is 9.42. The normalized spacial score (nSPS) is 11.1. The molecule has 0 bridgehead atoms. The number of carbonyl (C=O) groups excluding carboxylic acids is 1. The lowest BCUT2D eigenvalue weighted by Gasteiger charge is -2.12. The minimum absolute atomic E-state index is 0.0793. The second-order valence-corrected chi connectivity index (χ2v) is 5.43. The third-order valence-electron chi connectivity index (χ3n) is 3.64. The third kappa shape index (κ3) is 5.60. The number of rotatable bonds is 6. The number of carbonyl (C=O) groups is 1. The van der Waals surface area contributed by atoms with Crippen LogP contribution in [0.25, 0.3) is 0 Å². The number of benzene rings is 2. The van der Waals surface area contributed by atoms with Crippen LogP contribution in [0.15, 0.2) is 53.5 Å². The van der Waals surface area contributed by atoms with Crippen molar-refractivity contribution in [2.24, 2.45) is 4.99 Å². The number of nitrogens with one attached hydrogen (secondary N) is 3. The van der Waals surface area contributed by atoms with Crippen LogP contribution in [-0.4, -0.2) is 25.5 Å². The highest BCUT2D eigenvalue weighted by Crippen LogP contribution is 2.06. The summed E-state index contributed by atoms with van der Waals surface area (Å²) in [6.07, 6.45) is 0. The van der Waals surface area contributed by atoms with Crippen LogP contribution in [0, 0.1) is 5.82 Å². The van der Waals surface area contributed by atoms with Gasteiger partial charge in [0.1, 0.15) is 5.82 Å². The summed E-state index contributed by atoms with van der Waals surface area (Å²) >= 11 is 0. The molecule has 2 aromatic carbocycles. The fraction of sp³-hybridized carbons (Fsp3) is 0.263. The first kappa shape index (κ1) is 18.4. The van der Waals surface area contributed by atoms with E-state index in [1.54, 1.807) is 37.4 Å². The van der Waals surface area contributed by atoms with Crippen molar-refractivity contribution < 1.29 is 9.18 Å². The highest BCUT2D eigenvalue weighted by Gasteiger charge is 2.05. The van der Waals surface area contributed by atoms with Crippen LogP contribution in [0.5, 0.6) is 0 Å². The van der Waals surface area contributed by atoms with E-state index >= 15 is 0 Å². The van der Waals surface area contributed by atoms with Crippen molar-refractivity contribution >= 4 is 11.9 Å². The van der Waals surface area contributed by atoms with E-state index in [-0.39, 0.29) is 11.7 Å². The number of amides is 1. The third-order valence-corrected chi connectivity index (χ3v) is 3.64. The first-order chi connectivity index (χ1) is 12.1. The number of hydrogen-bond donors (Lipinski definition) is 3. The molecule has 5 nitrogen and oxygen atoms in total. The summed E-state index contributed by atoms with van der Waals surface area (Å²) in [6, 6.07) is 14.0. The smallest absolute Gasteiger partial charge is 0.251 e. The Hall–Kier alpha value is -2.89. The Morgan fingerprint density at radius 2 is 1.68 bits per heavy atom. The molecule has 1 amide bonds. The molecule has 25 heavy (non-hydrogen) atoms. The molecule has 0 saturated heterocycles. The molecule has 2 aromatic rings. The Morgan fingerprint density at radius 1 is 1.00 bits per heavy atom. The summed E-state index contributed by atoms with van der Waals surface area (Å²) in [5, 5.41) is 9.01. The van der Waals surface area contributed by atoms with E-state index in [0.717, 1.165) is 5.56 Å². The number of nitrogens with zero attached hydrogens (tertiary/aromatic N) is 1. The maximum absolute atomic E-state index is 13.6. The van der Waals surface area contributed by atoms with Crippen molar-refractivity contribution in [2.45, 2.75) is 20.0 Å². The number of aliphatic imine (C=N–C) groups is 1. The predicted molar refractivity (Wildman–Crippen MR) is 97.9 cm³/mol. The molecule has 0 heterocycles. The molecular formula is C19H23FN4O. The number of hydrogen-bond acceptors (Lipinski definition) is 2. The molecule has 3 N–H and O–H groups in total. The van der Waals surface area contributed by atoms with Crippen molar-refractivity contribution in [3.8, 4) is 0 Å². The molecule has 132 valence electrons. The molecule has 0 unspecified atom stereocenters. The molecule has 0 radical (unpaired) electrons. The van der Waals surface area contributed by atoms with Gasteiger partial charge in [0, 0.05) is 37.8 Å². The van der Waals surface area contributed by atoms with Crippen LogP contribution in [0.4, 0.5) is 4.39 Å². The van der Waals surface area contributed by atoms with Gasteiger partial charge in [-0.1, -0.05) is 30.3 Å². The van der Waals surface area contributed by atoms with Crippen molar-refractivity contribution in [3.05, 3.63) is 71.0 Å². The largest absolute Gasteiger partial charge is 0.352 e. The van der Waals surface area contributed by atoms with E-state index in [0.29, 0.717) is 36.7 Å². The van der Waals surface area contributed by atoms with Gasteiger partial charge in [0.15, 0.2) is 5.96 Å². The molecule has 0 fully saturated rings. The Labute approximate surface area is 147 Å². The Bertz CT molecular complexity index is 728. The lowest BCUT2D eigenvalue weighted by atomic mass is 10.1. The molecule has 0 aliphatic heterocycles. The van der Waals surface area contributed by atoms with Crippen molar-refractivity contribution in [2.75, 3.05) is 13.6 Å². The van der Waals surface area contributed by atoms with E-state index in [1.165, 1.54) is 6.07 Å². The van der Waals surface area contributed by atoms with Gasteiger partial charge in [-0.15, -0.1) is 0 Å². The van der Waals surface area contributed by atoms with Crippen LogP contribution < -0.4 is 16.0 Å². The Kier molecular flexibility index (Phi) is 6.95. The minimum Gasteiger partial charge on any atom is -0.352 e. The highest BCUT2D eigenvalue weighted by atomic mass is 19.1. The highest BCUT2D eigenvalue weighted by molar-refractivity contribution is 5.94. The van der Waals surface area contributed by atoms with E-state index in [4.69, 9.17) is 0 Å². The van der Waals surface area contributed by atoms with Crippen LogP contribution in [-0.2, 0) is 13.1 Å². The van der Waals surface area contributed by atoms with Gasteiger partial charge in [0.25, 0.3) is 5.91 Å². The molecule has 0 aliphatic carbocycles. The zero-order chi connectivity index (χ0) is 18.1. The van der Waals surface area contributed by atoms with Gasteiger partial charge in [-0.05, 0) is 30.7 Å². The van der Waals surface area contributed by atoms with Gasteiger partial charge < -0.3 is 16.0 Å². The predicted octanol–water partition coefficient (Wildman–Crippen LogP) is 2.44. The van der Waals surface area contributed by atoms with Gasteiger partial charge in [0.2, 0.25) is 0 Å². The fourth-order valence-electron chi connectivity index (χ4n) is 2.26. The standard InChI is InChI=1S/C19H23FN4O/c1-3-22-18(25)15-10-8-14(9-11-15)12-23-19(21-2)24-13-16-6-4-5-7-17(16)20/h4-11H,3,12-13H2,1-2H3,(H,22,25)(H2,21,23,24). The first-order valence-electron chi connectivity index (χ1n) is 8.19. The van der Waals surface area contributed by atoms with Gasteiger partial charge in [0.05, 0.1) is 0 Å². The van der Waals surface area contributed by atoms with Crippen LogP contribution in [0.1, 0.15) is 28.4 Å². The SMILES string of the molecule is CCNC(=O)c1ccc(CNC(=NC)NCc2ccccc2F)cc1. The average Bonchev–Trinajstić information content (AvgIpc) is 2.64. The summed E-state index contributed by atoms with van der Waals surface area (Å²) in [5.74, 6) is 0.256. The van der Waals surface area contributed by atoms with Gasteiger partial charge >= 0.3 is 0 Å². The monoisotopic (exact) mass is 342 g/mol. The second-order valence-electron chi connectivity index (χ2n) is 5.43. The van der Waals surface area contributed by atoms with Crippen LogP contribution in [0.3, 0.4) is 0 Å². The van der Waals surface area contributed by atoms with Crippen LogP contribution >= 0.6 is 0 Å². The summed E-state index contributed by atoms with van der Waals surface area (Å²) in [6.45, 7) is 3.39. The number of halogens is 1. The van der Waals surface area contributed by atoms with E-state index in [1.807, 2.05) is 19.1 Å². The molecule has 2 rings (SSSR count). The molecule has 0 saturated carbocycles. The zero-order valence-electron chi connectivity index (χ0n) is 14.5. The van der Waals surface area contributed by atoms with E-state index < -0.39 is 0 Å². The van der Waals surface area contributed by atoms with Gasteiger partial charge in [-0.2, -0.15) is 0 Å². The average molecular weight is 342 g/mol. The summed E-state index contributed by atoms with van der Waals surface area (Å²) in [4.78, 5) is 15.9. The first-order valence-corrected chi connectivity index (χ1v) is 8.19. The van der Waals surface area contributed by atoms with Gasteiger partial charge in [-0.25, -0.2) is 4.39 Å². The maximum Gasteiger partial charge on any atom is 0.251 e. The molecule has 6 heteroatoms. The molecule has 0 aliphatic rings. The fourth-order valence-corrected chi connectivity index (χ4v) is 2.26. The van der Waals surface area contributed by atoms with Crippen molar-refractivity contribution in [1.29, 1.82) is 0 Å². The number of guanidine groups is 1. The lowest BCUT2D eigenvalue weighted by molar-refractivity contribution is 0.0956. The molecule has 0 aromatic heterocycles.